The highest BCUT2D eigenvalue weighted by molar-refractivity contribution is 5.92. The van der Waals surface area contributed by atoms with Crippen molar-refractivity contribution in [1.82, 2.24) is 19.6 Å². The lowest BCUT2D eigenvalue weighted by Gasteiger charge is -2.54. The van der Waals surface area contributed by atoms with E-state index in [0.717, 1.165) is 51.1 Å². The number of aryl methyl sites for hydroxylation is 2. The summed E-state index contributed by atoms with van der Waals surface area (Å²) in [6.07, 6.45) is 7.17. The Morgan fingerprint density at radius 2 is 2.07 bits per heavy atom. The summed E-state index contributed by atoms with van der Waals surface area (Å²) in [5.41, 5.74) is 2.47. The summed E-state index contributed by atoms with van der Waals surface area (Å²) >= 11 is 0. The highest BCUT2D eigenvalue weighted by Crippen LogP contribution is 2.42. The number of nitrogens with zero attached hydrogens (tertiary/aromatic N) is 4. The van der Waals surface area contributed by atoms with Crippen molar-refractivity contribution in [3.63, 3.8) is 0 Å². The second-order valence-electron chi connectivity index (χ2n) is 8.76. The van der Waals surface area contributed by atoms with Gasteiger partial charge in [0, 0.05) is 37.8 Å². The maximum Gasteiger partial charge on any atom is 0.274 e. The topological polar surface area (TPSA) is 61.6 Å². The van der Waals surface area contributed by atoms with Crippen LogP contribution in [-0.2, 0) is 7.05 Å². The van der Waals surface area contributed by atoms with Crippen molar-refractivity contribution in [3.8, 4) is 0 Å². The monoisotopic (exact) mass is 408 g/mol. The van der Waals surface area contributed by atoms with Crippen LogP contribution in [0.2, 0.25) is 0 Å². The molecule has 2 atom stereocenters. The van der Waals surface area contributed by atoms with Crippen LogP contribution in [0.15, 0.2) is 42.5 Å². The lowest BCUT2D eigenvalue weighted by Crippen LogP contribution is -2.63. The minimum atomic E-state index is -0.197. The predicted octanol–water partition coefficient (Wildman–Crippen LogP) is 2.73. The highest BCUT2D eigenvalue weighted by atomic mass is 16.3. The van der Waals surface area contributed by atoms with Gasteiger partial charge in [-0.25, -0.2) is 0 Å². The molecule has 0 aliphatic carbocycles. The molecule has 2 aliphatic rings. The molecule has 0 saturated carbocycles. The summed E-state index contributed by atoms with van der Waals surface area (Å²) in [7, 11) is 1.86. The van der Waals surface area contributed by atoms with Crippen molar-refractivity contribution in [3.05, 3.63) is 59.4 Å². The molecule has 6 nitrogen and oxygen atoms in total. The second-order valence-corrected chi connectivity index (χ2v) is 8.76. The van der Waals surface area contributed by atoms with Crippen LogP contribution in [0.1, 0.15) is 41.0 Å². The van der Waals surface area contributed by atoms with Crippen LogP contribution in [0.3, 0.4) is 0 Å². The number of aromatic nitrogens is 2. The number of rotatable bonds is 5. The molecule has 0 unspecified atom stereocenters. The number of benzene rings is 1. The molecular formula is C24H32N4O2. The van der Waals surface area contributed by atoms with Gasteiger partial charge < -0.3 is 10.0 Å². The fourth-order valence-electron chi connectivity index (χ4n) is 4.94. The molecule has 1 aromatic heterocycles. The van der Waals surface area contributed by atoms with Crippen LogP contribution in [0.5, 0.6) is 0 Å². The zero-order valence-corrected chi connectivity index (χ0v) is 18.0. The molecule has 6 heteroatoms. The van der Waals surface area contributed by atoms with Gasteiger partial charge in [-0.3, -0.25) is 14.4 Å². The van der Waals surface area contributed by atoms with Crippen LogP contribution in [0, 0.1) is 12.3 Å². The van der Waals surface area contributed by atoms with Gasteiger partial charge >= 0.3 is 0 Å². The first-order valence-electron chi connectivity index (χ1n) is 10.9. The maximum absolute atomic E-state index is 13.3. The number of fused-ring (bicyclic) bond motifs is 1. The van der Waals surface area contributed by atoms with Gasteiger partial charge in [-0.15, -0.1) is 0 Å². The van der Waals surface area contributed by atoms with Gasteiger partial charge in [-0.2, -0.15) is 5.10 Å². The smallest absolute Gasteiger partial charge is 0.274 e. The molecule has 1 amide bonds. The van der Waals surface area contributed by atoms with Crippen molar-refractivity contribution < 1.29 is 9.90 Å². The molecule has 0 spiro atoms. The third kappa shape index (κ3) is 4.07. The fraction of sp³-hybridized carbons (Fsp3) is 0.500. The van der Waals surface area contributed by atoms with Gasteiger partial charge in [0.2, 0.25) is 0 Å². The van der Waals surface area contributed by atoms with Crippen molar-refractivity contribution in [2.75, 3.05) is 32.8 Å². The fourth-order valence-corrected chi connectivity index (χ4v) is 4.94. The lowest BCUT2D eigenvalue weighted by molar-refractivity contribution is -0.0618. The summed E-state index contributed by atoms with van der Waals surface area (Å²) in [4.78, 5) is 17.7. The van der Waals surface area contributed by atoms with Crippen LogP contribution >= 0.6 is 0 Å². The molecule has 3 heterocycles. The van der Waals surface area contributed by atoms with E-state index in [0.29, 0.717) is 5.69 Å². The number of piperidine rings is 2. The average molecular weight is 409 g/mol. The first-order valence-corrected chi connectivity index (χ1v) is 10.9. The number of aliphatic hydroxyl groups excluding tert-OH is 1. The van der Waals surface area contributed by atoms with Crippen molar-refractivity contribution in [1.29, 1.82) is 0 Å². The molecule has 0 bridgehead atoms. The SMILES string of the molecule is Cc1cc(C(=O)N2CCC[C@@]3(CO)CCN(C/C=C/c4ccccc4)C[C@H]23)nn1C. The summed E-state index contributed by atoms with van der Waals surface area (Å²) in [5.74, 6) is -0.0112. The lowest BCUT2D eigenvalue weighted by atomic mass is 9.69. The predicted molar refractivity (Wildman–Crippen MR) is 118 cm³/mol. The van der Waals surface area contributed by atoms with E-state index in [1.807, 2.05) is 43.1 Å². The molecule has 30 heavy (non-hydrogen) atoms. The highest BCUT2D eigenvalue weighted by Gasteiger charge is 2.49. The quantitative estimate of drug-likeness (QED) is 0.826. The zero-order valence-electron chi connectivity index (χ0n) is 18.0. The minimum absolute atomic E-state index is 0.0112. The Balaban J connectivity index is 1.50. The minimum Gasteiger partial charge on any atom is -0.396 e. The van der Waals surface area contributed by atoms with Crippen LogP contribution in [-0.4, -0.2) is 69.4 Å². The maximum atomic E-state index is 13.3. The van der Waals surface area contributed by atoms with Gasteiger partial charge in [0.05, 0.1) is 12.6 Å². The molecule has 160 valence electrons. The number of carbonyl (C=O) groups is 1. The zero-order chi connectivity index (χ0) is 21.1. The van der Waals surface area contributed by atoms with E-state index in [1.54, 1.807) is 4.68 Å². The first-order chi connectivity index (χ1) is 14.5. The normalized spacial score (nSPS) is 24.9. The van der Waals surface area contributed by atoms with Crippen molar-refractivity contribution in [2.45, 2.75) is 32.2 Å². The number of hydrogen-bond acceptors (Lipinski definition) is 4. The molecule has 2 fully saturated rings. The van der Waals surface area contributed by atoms with E-state index in [1.165, 1.54) is 5.56 Å². The Bertz CT molecular complexity index is 888. The Morgan fingerprint density at radius 3 is 2.77 bits per heavy atom. The average Bonchev–Trinajstić information content (AvgIpc) is 3.12. The van der Waals surface area contributed by atoms with Crippen LogP contribution in [0.25, 0.3) is 6.08 Å². The number of aliphatic hydroxyl groups is 1. The van der Waals surface area contributed by atoms with Gasteiger partial charge in [0.15, 0.2) is 5.69 Å². The number of hydrogen-bond donors (Lipinski definition) is 1. The van der Waals surface area contributed by atoms with E-state index in [2.05, 4.69) is 34.3 Å². The van der Waals surface area contributed by atoms with Gasteiger partial charge in [-0.1, -0.05) is 42.5 Å². The molecule has 2 aliphatic heterocycles. The Morgan fingerprint density at radius 1 is 1.27 bits per heavy atom. The number of amides is 1. The molecule has 1 N–H and O–H groups in total. The first kappa shape index (κ1) is 20.8. The Kier molecular flexibility index (Phi) is 6.06. The standard InChI is InChI=1S/C24H32N4O2/c1-19-16-21(25-26(19)2)23(30)28-14-7-11-24(18-29)12-15-27(17-22(24)28)13-6-10-20-8-4-3-5-9-20/h3-6,8-10,16,22,29H,7,11-15,17-18H2,1-2H3/b10-6+/t22-,24-/m0/s1. The van der Waals surface area contributed by atoms with Crippen LogP contribution in [0.4, 0.5) is 0 Å². The Hall–Kier alpha value is -2.44. The van der Waals surface area contributed by atoms with Crippen LogP contribution < -0.4 is 0 Å². The molecular weight excluding hydrogens is 376 g/mol. The molecule has 2 aromatic rings. The van der Waals surface area contributed by atoms with Gasteiger partial charge in [0.25, 0.3) is 5.91 Å². The van der Waals surface area contributed by atoms with Crippen molar-refractivity contribution in [2.24, 2.45) is 12.5 Å². The van der Waals surface area contributed by atoms with Crippen molar-refractivity contribution >= 4 is 12.0 Å². The largest absolute Gasteiger partial charge is 0.396 e. The summed E-state index contributed by atoms with van der Waals surface area (Å²) in [6, 6.07) is 12.2. The van der Waals surface area contributed by atoms with E-state index < -0.39 is 0 Å². The number of carbonyl (C=O) groups excluding carboxylic acids is 1. The molecule has 1 aromatic carbocycles. The Labute approximate surface area is 178 Å². The van der Waals surface area contributed by atoms with E-state index in [9.17, 15) is 9.90 Å². The summed E-state index contributed by atoms with van der Waals surface area (Å²) in [5, 5.41) is 14.7. The summed E-state index contributed by atoms with van der Waals surface area (Å²) < 4.78 is 1.75. The second kappa shape index (κ2) is 8.74. The third-order valence-electron chi connectivity index (χ3n) is 6.90. The van der Waals surface area contributed by atoms with E-state index >= 15 is 0 Å². The van der Waals surface area contributed by atoms with Gasteiger partial charge in [-0.05, 0) is 44.4 Å². The summed E-state index contributed by atoms with van der Waals surface area (Å²) in [6.45, 7) is 5.40. The van der Waals surface area contributed by atoms with E-state index in [-0.39, 0.29) is 24.0 Å². The number of likely N-dealkylation sites (tertiary alicyclic amines) is 2. The molecule has 2 saturated heterocycles. The van der Waals surface area contributed by atoms with Gasteiger partial charge in [0.1, 0.15) is 0 Å². The molecule has 0 radical (unpaired) electrons. The molecule has 4 rings (SSSR count). The third-order valence-corrected chi connectivity index (χ3v) is 6.90. The van der Waals surface area contributed by atoms with E-state index in [4.69, 9.17) is 0 Å².